The minimum absolute atomic E-state index is 0.0160. The smallest absolute Gasteiger partial charge is 0.174 e. The second kappa shape index (κ2) is 11.5. The minimum Gasteiger partial charge on any atom is -0.497 e. The lowest BCUT2D eigenvalue weighted by molar-refractivity contribution is -0.0120. The molecule has 3 aromatic rings. The number of fused-ring (bicyclic) bond motifs is 1. The largest absolute Gasteiger partial charge is 0.497 e. The average Bonchev–Trinajstić information content (AvgIpc) is 2.90. The summed E-state index contributed by atoms with van der Waals surface area (Å²) in [5.74, 6) is 2.42. The third-order valence-electron chi connectivity index (χ3n) is 7.38. The van der Waals surface area contributed by atoms with Crippen molar-refractivity contribution in [1.82, 2.24) is 10.3 Å². The van der Waals surface area contributed by atoms with Crippen LogP contribution in [0.2, 0.25) is 0 Å². The van der Waals surface area contributed by atoms with Crippen LogP contribution in [0.4, 0.5) is 13.2 Å². The summed E-state index contributed by atoms with van der Waals surface area (Å²) in [5.41, 5.74) is 1.51. The maximum atomic E-state index is 13.9. The van der Waals surface area contributed by atoms with Crippen molar-refractivity contribution in [3.05, 3.63) is 70.7 Å². The summed E-state index contributed by atoms with van der Waals surface area (Å²) in [6.45, 7) is 3.32. The zero-order valence-corrected chi connectivity index (χ0v) is 21.0. The number of halogens is 3. The number of nitrogens with one attached hydrogen (secondary N) is 1. The summed E-state index contributed by atoms with van der Waals surface area (Å²) in [4.78, 5) is 4.46. The molecule has 1 aliphatic rings. The standard InChI is InChI=1S/C29H31F3N2O3/c1-18-17-34-24-7-6-21(37-2)16-22(24)27(18)25(35)8-9-29(10-12-33-13-11-29)26(36)5-3-4-19-14-20(30)15-23(31)28(19)32/h6-7,14-17,25-26,33,35-36H,5,8-13H2,1-2H3/t25-,26+/m1/s1. The summed E-state index contributed by atoms with van der Waals surface area (Å²) >= 11 is 0. The highest BCUT2D eigenvalue weighted by atomic mass is 19.2. The van der Waals surface area contributed by atoms with Gasteiger partial charge in [-0.15, -0.1) is 0 Å². The molecule has 37 heavy (non-hydrogen) atoms. The number of aromatic nitrogens is 1. The van der Waals surface area contributed by atoms with Crippen LogP contribution >= 0.6 is 0 Å². The Balaban J connectivity index is 1.53. The molecule has 3 N–H and O–H groups in total. The molecule has 8 heteroatoms. The van der Waals surface area contributed by atoms with Crippen molar-refractivity contribution >= 4 is 10.9 Å². The summed E-state index contributed by atoms with van der Waals surface area (Å²) in [7, 11) is 1.59. The fraction of sp³-hybridized carbons (Fsp3) is 0.414. The van der Waals surface area contributed by atoms with Crippen molar-refractivity contribution in [3.63, 3.8) is 0 Å². The topological polar surface area (TPSA) is 74.6 Å². The predicted molar refractivity (Wildman–Crippen MR) is 136 cm³/mol. The number of benzene rings is 2. The fourth-order valence-electron chi connectivity index (χ4n) is 5.21. The molecular formula is C29H31F3N2O3. The number of piperidine rings is 1. The van der Waals surface area contributed by atoms with Crippen LogP contribution in [0.1, 0.15) is 54.9 Å². The maximum absolute atomic E-state index is 13.9. The van der Waals surface area contributed by atoms with Crippen molar-refractivity contribution in [1.29, 1.82) is 0 Å². The van der Waals surface area contributed by atoms with E-state index in [0.29, 0.717) is 50.6 Å². The van der Waals surface area contributed by atoms with Crippen LogP contribution in [0, 0.1) is 41.6 Å². The molecule has 2 atom stereocenters. The van der Waals surface area contributed by atoms with E-state index in [4.69, 9.17) is 4.74 Å². The number of aliphatic hydroxyl groups is 2. The van der Waals surface area contributed by atoms with E-state index in [9.17, 15) is 23.4 Å². The van der Waals surface area contributed by atoms with Gasteiger partial charge in [-0.3, -0.25) is 4.98 Å². The molecule has 4 rings (SSSR count). The molecule has 0 aliphatic carbocycles. The van der Waals surface area contributed by atoms with Gasteiger partial charge in [-0.05, 0) is 86.5 Å². The lowest BCUT2D eigenvalue weighted by Crippen LogP contribution is -2.44. The molecule has 0 saturated carbocycles. The third kappa shape index (κ3) is 5.90. The van der Waals surface area contributed by atoms with E-state index in [0.717, 1.165) is 28.1 Å². The highest BCUT2D eigenvalue weighted by Gasteiger charge is 2.39. The Kier molecular flexibility index (Phi) is 8.38. The summed E-state index contributed by atoms with van der Waals surface area (Å²) < 4.78 is 46.3. The average molecular weight is 513 g/mol. The van der Waals surface area contributed by atoms with Gasteiger partial charge in [-0.2, -0.15) is 0 Å². The van der Waals surface area contributed by atoms with Gasteiger partial charge in [0.2, 0.25) is 0 Å². The molecular weight excluding hydrogens is 481 g/mol. The van der Waals surface area contributed by atoms with Crippen molar-refractivity contribution in [3.8, 4) is 17.6 Å². The Morgan fingerprint density at radius 2 is 1.89 bits per heavy atom. The highest BCUT2D eigenvalue weighted by Crippen LogP contribution is 2.42. The first-order valence-corrected chi connectivity index (χ1v) is 12.4. The SMILES string of the molecule is COc1ccc2ncc(C)c([C@H](O)CCC3([C@@H](O)CC#Cc4cc(F)cc(F)c4F)CCNCC3)c2c1. The molecule has 0 unspecified atom stereocenters. The van der Waals surface area contributed by atoms with Gasteiger partial charge in [-0.1, -0.05) is 11.8 Å². The molecule has 2 heterocycles. The maximum Gasteiger partial charge on any atom is 0.174 e. The van der Waals surface area contributed by atoms with Gasteiger partial charge >= 0.3 is 0 Å². The van der Waals surface area contributed by atoms with Crippen molar-refractivity contribution in [2.24, 2.45) is 5.41 Å². The lowest BCUT2D eigenvalue weighted by Gasteiger charge is -2.41. The van der Waals surface area contributed by atoms with Crippen LogP contribution in [0.5, 0.6) is 5.75 Å². The third-order valence-corrected chi connectivity index (χ3v) is 7.38. The first kappa shape index (κ1) is 26.9. The van der Waals surface area contributed by atoms with Crippen LogP contribution in [-0.4, -0.2) is 41.5 Å². The zero-order valence-electron chi connectivity index (χ0n) is 21.0. The molecule has 0 spiro atoms. The van der Waals surface area contributed by atoms with E-state index in [1.165, 1.54) is 0 Å². The second-order valence-corrected chi connectivity index (χ2v) is 9.68. The normalized spacial score (nSPS) is 16.6. The Bertz CT molecular complexity index is 1330. The Labute approximate surface area is 214 Å². The van der Waals surface area contributed by atoms with Crippen LogP contribution in [0.25, 0.3) is 10.9 Å². The highest BCUT2D eigenvalue weighted by molar-refractivity contribution is 5.84. The molecule has 1 fully saturated rings. The van der Waals surface area contributed by atoms with E-state index < -0.39 is 35.1 Å². The Morgan fingerprint density at radius 1 is 1.14 bits per heavy atom. The molecule has 196 valence electrons. The number of hydrogen-bond donors (Lipinski definition) is 3. The molecule has 0 amide bonds. The van der Waals surface area contributed by atoms with E-state index in [1.807, 2.05) is 25.1 Å². The summed E-state index contributed by atoms with van der Waals surface area (Å²) in [6, 6.07) is 6.85. The number of pyridine rings is 1. The Morgan fingerprint density at radius 3 is 2.62 bits per heavy atom. The number of ether oxygens (including phenoxy) is 1. The predicted octanol–water partition coefficient (Wildman–Crippen LogP) is 4.96. The number of methoxy groups -OCH3 is 1. The summed E-state index contributed by atoms with van der Waals surface area (Å²) in [6.07, 6.45) is 2.41. The van der Waals surface area contributed by atoms with Gasteiger partial charge in [-0.25, -0.2) is 13.2 Å². The summed E-state index contributed by atoms with van der Waals surface area (Å²) in [5, 5.41) is 26.6. The van der Waals surface area contributed by atoms with Crippen molar-refractivity contribution in [2.75, 3.05) is 20.2 Å². The number of nitrogens with zero attached hydrogens (tertiary/aromatic N) is 1. The molecule has 0 radical (unpaired) electrons. The van der Waals surface area contributed by atoms with Gasteiger partial charge in [0.15, 0.2) is 11.6 Å². The quantitative estimate of drug-likeness (QED) is 0.308. The second-order valence-electron chi connectivity index (χ2n) is 9.68. The lowest BCUT2D eigenvalue weighted by atomic mass is 9.69. The number of aryl methyl sites for hydroxylation is 1. The molecule has 1 aliphatic heterocycles. The van der Waals surface area contributed by atoms with Gasteiger partial charge < -0.3 is 20.3 Å². The van der Waals surface area contributed by atoms with Crippen LogP contribution in [0.15, 0.2) is 36.5 Å². The first-order valence-electron chi connectivity index (χ1n) is 12.4. The van der Waals surface area contributed by atoms with Gasteiger partial charge in [0, 0.05) is 24.1 Å². The van der Waals surface area contributed by atoms with E-state index in [2.05, 4.69) is 22.1 Å². The molecule has 1 saturated heterocycles. The first-order chi connectivity index (χ1) is 17.7. The zero-order chi connectivity index (χ0) is 26.6. The van der Waals surface area contributed by atoms with Crippen molar-refractivity contribution in [2.45, 2.75) is 51.2 Å². The molecule has 2 aromatic carbocycles. The molecule has 5 nitrogen and oxygen atoms in total. The van der Waals surface area contributed by atoms with Crippen LogP contribution in [-0.2, 0) is 0 Å². The van der Waals surface area contributed by atoms with Crippen LogP contribution < -0.4 is 10.1 Å². The number of rotatable bonds is 7. The number of aliphatic hydroxyl groups excluding tert-OH is 2. The van der Waals surface area contributed by atoms with Gasteiger partial charge in [0.1, 0.15) is 11.6 Å². The number of hydrogen-bond acceptors (Lipinski definition) is 5. The van der Waals surface area contributed by atoms with E-state index in [-0.39, 0.29) is 12.0 Å². The Hall–Kier alpha value is -3.12. The van der Waals surface area contributed by atoms with Crippen LogP contribution in [0.3, 0.4) is 0 Å². The fourth-order valence-corrected chi connectivity index (χ4v) is 5.21. The van der Waals surface area contributed by atoms with E-state index >= 15 is 0 Å². The molecule has 1 aromatic heterocycles. The van der Waals surface area contributed by atoms with Gasteiger partial charge in [0.05, 0.1) is 30.4 Å². The van der Waals surface area contributed by atoms with Crippen molar-refractivity contribution < 1.29 is 28.1 Å². The molecule has 0 bridgehead atoms. The monoisotopic (exact) mass is 512 g/mol. The van der Waals surface area contributed by atoms with Gasteiger partial charge in [0.25, 0.3) is 0 Å². The van der Waals surface area contributed by atoms with E-state index in [1.54, 1.807) is 13.3 Å². The minimum atomic E-state index is -1.30.